The number of pyridine rings is 1. The van der Waals surface area contributed by atoms with Crippen molar-refractivity contribution in [2.24, 2.45) is 0 Å². The van der Waals surface area contributed by atoms with Gasteiger partial charge in [0.05, 0.1) is 16.8 Å². The Kier molecular flexibility index (Phi) is 10.00. The first-order valence-corrected chi connectivity index (χ1v) is 9.89. The van der Waals surface area contributed by atoms with Gasteiger partial charge in [-0.05, 0) is 39.1 Å². The smallest absolute Gasteiger partial charge is 0.475 e. The van der Waals surface area contributed by atoms with E-state index < -0.39 is 24.3 Å². The minimum absolute atomic E-state index is 0.108. The van der Waals surface area contributed by atoms with Gasteiger partial charge in [-0.25, -0.2) is 9.59 Å². The molecule has 1 fully saturated rings. The van der Waals surface area contributed by atoms with Crippen LogP contribution in [0.25, 0.3) is 10.9 Å². The maximum absolute atomic E-state index is 12.7. The summed E-state index contributed by atoms with van der Waals surface area (Å²) in [6.07, 6.45) is -10.2. The molecular weight excluding hydrogens is 488 g/mol. The molecule has 2 N–H and O–H groups in total. The summed E-state index contributed by atoms with van der Waals surface area (Å²) < 4.78 is 63.5. The monoisotopic (exact) mass is 511 g/mol. The molecule has 2 aromatic rings. The molecule has 8 nitrogen and oxygen atoms in total. The summed E-state index contributed by atoms with van der Waals surface area (Å²) in [5.41, 5.74) is 3.69. The normalized spacial score (nSPS) is 14.4. The van der Waals surface area contributed by atoms with Gasteiger partial charge in [0.1, 0.15) is 0 Å². The van der Waals surface area contributed by atoms with E-state index in [2.05, 4.69) is 36.0 Å². The van der Waals surface area contributed by atoms with Gasteiger partial charge in [0.25, 0.3) is 5.91 Å². The van der Waals surface area contributed by atoms with Crippen molar-refractivity contribution in [3.8, 4) is 0 Å². The number of fused-ring (bicyclic) bond motifs is 1. The summed E-state index contributed by atoms with van der Waals surface area (Å²) in [4.78, 5) is 39.3. The van der Waals surface area contributed by atoms with E-state index in [1.165, 1.54) is 5.56 Å². The van der Waals surface area contributed by atoms with Gasteiger partial charge in [-0.1, -0.05) is 11.6 Å². The Morgan fingerprint density at radius 1 is 0.857 bits per heavy atom. The Morgan fingerprint density at radius 2 is 1.31 bits per heavy atom. The van der Waals surface area contributed by atoms with Crippen LogP contribution in [0.15, 0.2) is 24.3 Å². The van der Waals surface area contributed by atoms with Crippen LogP contribution in [0.4, 0.5) is 26.3 Å². The van der Waals surface area contributed by atoms with Crippen molar-refractivity contribution in [1.82, 2.24) is 14.8 Å². The Hall–Kier alpha value is -3.42. The molecule has 0 bridgehead atoms. The van der Waals surface area contributed by atoms with E-state index in [4.69, 9.17) is 19.8 Å². The van der Waals surface area contributed by atoms with Crippen molar-refractivity contribution in [3.05, 3.63) is 41.1 Å². The largest absolute Gasteiger partial charge is 0.490 e. The lowest BCUT2D eigenvalue weighted by molar-refractivity contribution is -0.193. The van der Waals surface area contributed by atoms with E-state index in [9.17, 15) is 31.1 Å². The van der Waals surface area contributed by atoms with Crippen molar-refractivity contribution in [1.29, 1.82) is 0 Å². The van der Waals surface area contributed by atoms with Crippen LogP contribution < -0.4 is 0 Å². The number of carbonyl (C=O) groups excluding carboxylic acids is 1. The molecule has 0 aliphatic carbocycles. The SMILES string of the molecule is Cc1ccc2nc(C)c(C(=O)N3CCN(C)CC3)cc2c1.O=C(O)C(F)(F)F.O=C(O)C(F)(F)F. The number of alkyl halides is 6. The average molecular weight is 511 g/mol. The van der Waals surface area contributed by atoms with Gasteiger partial charge in [0, 0.05) is 31.6 Å². The number of hydrogen-bond donors (Lipinski definition) is 2. The third kappa shape index (κ3) is 9.39. The molecule has 1 aliphatic heterocycles. The fourth-order valence-electron chi connectivity index (χ4n) is 2.79. The van der Waals surface area contributed by atoms with Gasteiger partial charge in [0.15, 0.2) is 0 Å². The number of aliphatic carboxylic acids is 2. The van der Waals surface area contributed by atoms with Crippen LogP contribution in [0.5, 0.6) is 0 Å². The van der Waals surface area contributed by atoms with E-state index in [1.54, 1.807) is 0 Å². The number of hydrogen-bond acceptors (Lipinski definition) is 5. The number of rotatable bonds is 1. The van der Waals surface area contributed by atoms with Crippen molar-refractivity contribution >= 4 is 28.7 Å². The van der Waals surface area contributed by atoms with Crippen molar-refractivity contribution in [2.75, 3.05) is 33.2 Å². The highest BCUT2D eigenvalue weighted by Gasteiger charge is 2.38. The van der Waals surface area contributed by atoms with Gasteiger partial charge in [-0.15, -0.1) is 0 Å². The molecule has 1 saturated heterocycles. The van der Waals surface area contributed by atoms with Crippen molar-refractivity contribution in [2.45, 2.75) is 26.2 Å². The average Bonchev–Trinajstić information content (AvgIpc) is 2.73. The number of likely N-dealkylation sites (N-methyl/N-ethyl adjacent to an activating group) is 1. The summed E-state index contributed by atoms with van der Waals surface area (Å²) in [6.45, 7) is 7.43. The van der Waals surface area contributed by atoms with Crippen LogP contribution in [-0.4, -0.2) is 88.4 Å². The predicted octanol–water partition coefficient (Wildman–Crippen LogP) is 3.51. The molecule has 2 heterocycles. The maximum Gasteiger partial charge on any atom is 0.490 e. The lowest BCUT2D eigenvalue weighted by atomic mass is 10.1. The number of halogens is 6. The zero-order valence-electron chi connectivity index (χ0n) is 18.9. The van der Waals surface area contributed by atoms with E-state index in [1.807, 2.05) is 24.0 Å². The molecule has 35 heavy (non-hydrogen) atoms. The minimum atomic E-state index is -5.08. The fraction of sp³-hybridized carbons (Fsp3) is 0.429. The number of aromatic nitrogens is 1. The molecule has 3 rings (SSSR count). The molecule has 1 aromatic heterocycles. The van der Waals surface area contributed by atoms with Crippen LogP contribution in [0, 0.1) is 13.8 Å². The van der Waals surface area contributed by atoms with Gasteiger partial charge < -0.3 is 20.0 Å². The van der Waals surface area contributed by atoms with Gasteiger partial charge in [-0.2, -0.15) is 26.3 Å². The van der Waals surface area contributed by atoms with Crippen LogP contribution >= 0.6 is 0 Å². The number of amides is 1. The van der Waals surface area contributed by atoms with Crippen LogP contribution in [0.1, 0.15) is 21.6 Å². The highest BCUT2D eigenvalue weighted by molar-refractivity contribution is 5.98. The van der Waals surface area contributed by atoms with E-state index >= 15 is 0 Å². The molecular formula is C21H23F6N3O5. The standard InChI is InChI=1S/C17H21N3O.2C2HF3O2/c1-12-4-5-16-14(10-12)11-15(13(2)18-16)17(21)20-8-6-19(3)7-9-20;2*3-2(4,5)1(6)7/h4-5,10-11H,6-9H2,1-3H3;2*(H,6,7). The molecule has 0 atom stereocenters. The Morgan fingerprint density at radius 3 is 1.74 bits per heavy atom. The summed E-state index contributed by atoms with van der Waals surface area (Å²) in [5.74, 6) is -5.41. The summed E-state index contributed by atoms with van der Waals surface area (Å²) in [7, 11) is 2.09. The third-order valence-electron chi connectivity index (χ3n) is 4.67. The molecule has 1 aliphatic rings. The highest BCUT2D eigenvalue weighted by atomic mass is 19.4. The second-order valence-electron chi connectivity index (χ2n) is 7.52. The van der Waals surface area contributed by atoms with Crippen LogP contribution in [-0.2, 0) is 9.59 Å². The summed E-state index contributed by atoms with van der Waals surface area (Å²) in [6, 6.07) is 8.15. The van der Waals surface area contributed by atoms with Gasteiger partial charge in [-0.3, -0.25) is 9.78 Å². The number of carboxylic acid groups (broad SMARTS) is 2. The third-order valence-corrected chi connectivity index (χ3v) is 4.67. The molecule has 0 unspecified atom stereocenters. The number of carbonyl (C=O) groups is 3. The second kappa shape index (κ2) is 11.8. The molecule has 194 valence electrons. The summed E-state index contributed by atoms with van der Waals surface area (Å²) in [5, 5.41) is 15.3. The fourth-order valence-corrected chi connectivity index (χ4v) is 2.79. The minimum Gasteiger partial charge on any atom is -0.475 e. The van der Waals surface area contributed by atoms with Crippen molar-refractivity contribution < 1.29 is 50.9 Å². The van der Waals surface area contributed by atoms with E-state index in [0.717, 1.165) is 48.3 Å². The zero-order valence-corrected chi connectivity index (χ0v) is 18.9. The molecule has 14 heteroatoms. The first-order chi connectivity index (χ1) is 15.9. The molecule has 1 amide bonds. The Labute approximate surface area is 195 Å². The van der Waals surface area contributed by atoms with E-state index in [-0.39, 0.29) is 5.91 Å². The topological polar surface area (TPSA) is 111 Å². The molecule has 0 spiro atoms. The quantitative estimate of drug-likeness (QED) is 0.564. The summed E-state index contributed by atoms with van der Waals surface area (Å²) >= 11 is 0. The number of piperazine rings is 1. The second-order valence-corrected chi connectivity index (χ2v) is 7.52. The number of benzene rings is 1. The number of nitrogens with zero attached hydrogens (tertiary/aromatic N) is 3. The number of aryl methyl sites for hydroxylation is 2. The van der Waals surface area contributed by atoms with Crippen LogP contribution in [0.2, 0.25) is 0 Å². The molecule has 0 radical (unpaired) electrons. The number of carboxylic acids is 2. The van der Waals surface area contributed by atoms with E-state index in [0.29, 0.717) is 0 Å². The Balaban J connectivity index is 0.000000362. The maximum atomic E-state index is 12.7. The zero-order chi connectivity index (χ0) is 27.1. The lowest BCUT2D eigenvalue weighted by Crippen LogP contribution is -2.47. The lowest BCUT2D eigenvalue weighted by Gasteiger charge is -2.32. The first kappa shape index (κ1) is 29.6. The molecule has 0 saturated carbocycles. The predicted molar refractivity (Wildman–Crippen MR) is 112 cm³/mol. The highest BCUT2D eigenvalue weighted by Crippen LogP contribution is 2.20. The first-order valence-electron chi connectivity index (χ1n) is 9.89. The molecule has 1 aromatic carbocycles. The Bertz CT molecular complexity index is 1040. The van der Waals surface area contributed by atoms with Gasteiger partial charge >= 0.3 is 24.3 Å². The van der Waals surface area contributed by atoms with Crippen molar-refractivity contribution in [3.63, 3.8) is 0 Å². The van der Waals surface area contributed by atoms with Crippen LogP contribution in [0.3, 0.4) is 0 Å². The van der Waals surface area contributed by atoms with Gasteiger partial charge in [0.2, 0.25) is 0 Å².